The summed E-state index contributed by atoms with van der Waals surface area (Å²) >= 11 is 1.64. The van der Waals surface area contributed by atoms with E-state index < -0.39 is 0 Å². The van der Waals surface area contributed by atoms with Gasteiger partial charge in [0, 0.05) is 11.3 Å². The molecular formula is C17H15FN4S. The summed E-state index contributed by atoms with van der Waals surface area (Å²) in [6, 6.07) is 14.9. The average molecular weight is 326 g/mol. The van der Waals surface area contributed by atoms with Crippen molar-refractivity contribution in [3.05, 3.63) is 59.9 Å². The van der Waals surface area contributed by atoms with Crippen molar-refractivity contribution in [1.82, 2.24) is 14.8 Å². The molecule has 4 nitrogen and oxygen atoms in total. The molecular weight excluding hydrogens is 311 g/mol. The molecule has 0 fully saturated rings. The molecule has 0 saturated carbocycles. The molecule has 23 heavy (non-hydrogen) atoms. The van der Waals surface area contributed by atoms with Crippen LogP contribution in [0.4, 0.5) is 10.1 Å². The monoisotopic (exact) mass is 326 g/mol. The van der Waals surface area contributed by atoms with Crippen molar-refractivity contribution in [3.63, 3.8) is 0 Å². The highest BCUT2D eigenvalue weighted by Crippen LogP contribution is 2.31. The van der Waals surface area contributed by atoms with Gasteiger partial charge in [-0.1, -0.05) is 41.6 Å². The minimum absolute atomic E-state index is 0.219. The van der Waals surface area contributed by atoms with E-state index in [1.54, 1.807) is 23.9 Å². The summed E-state index contributed by atoms with van der Waals surface area (Å²) in [4.78, 5) is 2.18. The van der Waals surface area contributed by atoms with Crippen LogP contribution in [0.25, 0.3) is 11.4 Å². The van der Waals surface area contributed by atoms with Gasteiger partial charge in [-0.15, -0.1) is 10.2 Å². The molecule has 2 heterocycles. The maximum absolute atomic E-state index is 13.1. The van der Waals surface area contributed by atoms with E-state index in [2.05, 4.69) is 50.9 Å². The molecule has 0 bridgehead atoms. The molecule has 0 saturated heterocycles. The highest BCUT2D eigenvalue weighted by Gasteiger charge is 2.22. The van der Waals surface area contributed by atoms with Gasteiger partial charge in [-0.05, 0) is 31.2 Å². The topological polar surface area (TPSA) is 34.0 Å². The Morgan fingerprint density at radius 1 is 1.00 bits per heavy atom. The van der Waals surface area contributed by atoms with Crippen molar-refractivity contribution in [2.24, 2.45) is 0 Å². The van der Waals surface area contributed by atoms with Crippen molar-refractivity contribution in [1.29, 1.82) is 0 Å². The fraction of sp³-hybridized carbons (Fsp3) is 0.176. The number of halogens is 1. The quantitative estimate of drug-likeness (QED) is 0.715. The number of rotatable bonds is 2. The van der Waals surface area contributed by atoms with E-state index >= 15 is 0 Å². The van der Waals surface area contributed by atoms with Gasteiger partial charge in [-0.2, -0.15) is 0 Å². The zero-order valence-electron chi connectivity index (χ0n) is 12.6. The van der Waals surface area contributed by atoms with Gasteiger partial charge >= 0.3 is 0 Å². The second-order valence-electron chi connectivity index (χ2n) is 5.53. The van der Waals surface area contributed by atoms with Crippen LogP contribution in [0.3, 0.4) is 0 Å². The first kappa shape index (κ1) is 14.3. The van der Waals surface area contributed by atoms with Gasteiger partial charge in [0.1, 0.15) is 5.82 Å². The van der Waals surface area contributed by atoms with Crippen molar-refractivity contribution in [2.45, 2.75) is 18.7 Å². The molecule has 1 aliphatic heterocycles. The van der Waals surface area contributed by atoms with Gasteiger partial charge in [0.15, 0.2) is 11.0 Å². The lowest BCUT2D eigenvalue weighted by Crippen LogP contribution is -2.30. The SMILES string of the molecule is Cc1ccc(-c2nnc3n2CN(c2ccc(F)cc2)CS3)cc1. The van der Waals surface area contributed by atoms with E-state index in [1.807, 2.05) is 0 Å². The Morgan fingerprint density at radius 2 is 1.74 bits per heavy atom. The molecule has 1 aromatic heterocycles. The molecule has 2 aromatic carbocycles. The summed E-state index contributed by atoms with van der Waals surface area (Å²) < 4.78 is 15.2. The number of thioether (sulfide) groups is 1. The fourth-order valence-corrected chi connectivity index (χ4v) is 3.50. The Morgan fingerprint density at radius 3 is 2.48 bits per heavy atom. The Bertz CT molecular complexity index is 827. The Hall–Kier alpha value is -2.34. The zero-order chi connectivity index (χ0) is 15.8. The molecule has 6 heteroatoms. The molecule has 4 rings (SSSR count). The van der Waals surface area contributed by atoms with E-state index in [9.17, 15) is 4.39 Å². The van der Waals surface area contributed by atoms with Crippen molar-refractivity contribution in [3.8, 4) is 11.4 Å². The predicted molar refractivity (Wildman–Crippen MR) is 89.8 cm³/mol. The van der Waals surface area contributed by atoms with Gasteiger partial charge in [-0.25, -0.2) is 4.39 Å². The smallest absolute Gasteiger partial charge is 0.194 e. The average Bonchev–Trinajstić information content (AvgIpc) is 2.99. The van der Waals surface area contributed by atoms with Crippen LogP contribution < -0.4 is 4.90 Å². The van der Waals surface area contributed by atoms with Gasteiger partial charge in [0.2, 0.25) is 0 Å². The first-order valence-electron chi connectivity index (χ1n) is 7.34. The number of aromatic nitrogens is 3. The minimum Gasteiger partial charge on any atom is -0.344 e. The van der Waals surface area contributed by atoms with Gasteiger partial charge < -0.3 is 4.90 Å². The lowest BCUT2D eigenvalue weighted by atomic mass is 10.1. The van der Waals surface area contributed by atoms with E-state index in [0.717, 1.165) is 28.1 Å². The van der Waals surface area contributed by atoms with Gasteiger partial charge in [-0.3, -0.25) is 4.57 Å². The number of anilines is 1. The maximum Gasteiger partial charge on any atom is 0.194 e. The normalized spacial score (nSPS) is 13.9. The lowest BCUT2D eigenvalue weighted by molar-refractivity contribution is 0.605. The fourth-order valence-electron chi connectivity index (χ4n) is 2.59. The second-order valence-corrected chi connectivity index (χ2v) is 6.44. The molecule has 0 atom stereocenters. The van der Waals surface area contributed by atoms with E-state index in [1.165, 1.54) is 17.7 Å². The van der Waals surface area contributed by atoms with Crippen LogP contribution in [0.2, 0.25) is 0 Å². The molecule has 1 aliphatic rings. The van der Waals surface area contributed by atoms with Crippen molar-refractivity contribution >= 4 is 17.4 Å². The zero-order valence-corrected chi connectivity index (χ0v) is 13.4. The van der Waals surface area contributed by atoms with Crippen LogP contribution in [0, 0.1) is 12.7 Å². The summed E-state index contributed by atoms with van der Waals surface area (Å²) in [6.07, 6.45) is 0. The van der Waals surface area contributed by atoms with Crippen LogP contribution in [-0.2, 0) is 6.67 Å². The summed E-state index contributed by atoms with van der Waals surface area (Å²) in [5.41, 5.74) is 3.26. The third-order valence-corrected chi connectivity index (χ3v) is 4.88. The van der Waals surface area contributed by atoms with Gasteiger partial charge in [0.25, 0.3) is 0 Å². The first-order valence-corrected chi connectivity index (χ1v) is 8.33. The van der Waals surface area contributed by atoms with E-state index in [4.69, 9.17) is 0 Å². The van der Waals surface area contributed by atoms with Crippen LogP contribution in [0.15, 0.2) is 53.7 Å². The number of aryl methyl sites for hydroxylation is 1. The van der Waals surface area contributed by atoms with Gasteiger partial charge in [0.05, 0.1) is 12.5 Å². The summed E-state index contributed by atoms with van der Waals surface area (Å²) in [5.74, 6) is 1.42. The first-order chi connectivity index (χ1) is 11.2. The molecule has 0 unspecified atom stereocenters. The Balaban J connectivity index is 1.67. The number of hydrogen-bond acceptors (Lipinski definition) is 4. The second kappa shape index (κ2) is 5.70. The molecule has 0 radical (unpaired) electrons. The third-order valence-electron chi connectivity index (χ3n) is 3.88. The van der Waals surface area contributed by atoms with E-state index in [0.29, 0.717) is 6.67 Å². The highest BCUT2D eigenvalue weighted by molar-refractivity contribution is 7.99. The molecule has 0 N–H and O–H groups in total. The third kappa shape index (κ3) is 2.70. The van der Waals surface area contributed by atoms with Crippen LogP contribution >= 0.6 is 11.8 Å². The standard InChI is InChI=1S/C17H15FN4S/c1-12-2-4-13(5-3-12)16-19-20-17-22(16)10-21(11-23-17)15-8-6-14(18)7-9-15/h2-9H,10-11H2,1H3. The highest BCUT2D eigenvalue weighted by atomic mass is 32.2. The summed E-state index contributed by atoms with van der Waals surface area (Å²) in [5, 5.41) is 9.55. The number of benzene rings is 2. The maximum atomic E-state index is 13.1. The number of hydrogen-bond donors (Lipinski definition) is 0. The molecule has 0 aliphatic carbocycles. The van der Waals surface area contributed by atoms with Crippen LogP contribution in [-0.4, -0.2) is 20.6 Å². The molecule has 0 amide bonds. The van der Waals surface area contributed by atoms with Crippen LogP contribution in [0.1, 0.15) is 5.56 Å². The van der Waals surface area contributed by atoms with Crippen LogP contribution in [0.5, 0.6) is 0 Å². The molecule has 3 aromatic rings. The summed E-state index contributed by atoms with van der Waals surface area (Å²) in [7, 11) is 0. The lowest BCUT2D eigenvalue weighted by Gasteiger charge is -2.29. The summed E-state index contributed by atoms with van der Waals surface area (Å²) in [6.45, 7) is 2.72. The number of nitrogens with zero attached hydrogens (tertiary/aromatic N) is 4. The minimum atomic E-state index is -0.219. The van der Waals surface area contributed by atoms with E-state index in [-0.39, 0.29) is 5.82 Å². The number of fused-ring (bicyclic) bond motifs is 1. The Labute approximate surface area is 138 Å². The van der Waals surface area contributed by atoms with Crippen molar-refractivity contribution in [2.75, 3.05) is 10.8 Å². The largest absolute Gasteiger partial charge is 0.344 e. The predicted octanol–water partition coefficient (Wildman–Crippen LogP) is 3.92. The Kier molecular flexibility index (Phi) is 3.53. The molecule has 116 valence electrons. The molecule has 0 spiro atoms. The van der Waals surface area contributed by atoms with Crippen molar-refractivity contribution < 1.29 is 4.39 Å².